The van der Waals surface area contributed by atoms with Crippen LogP contribution >= 0.6 is 11.6 Å². The summed E-state index contributed by atoms with van der Waals surface area (Å²) >= 11 is 6.10. The minimum atomic E-state index is -0.626. The van der Waals surface area contributed by atoms with Gasteiger partial charge in [-0.1, -0.05) is 35.9 Å². The smallest absolute Gasteiger partial charge is 0.242 e. The average Bonchev–Trinajstić information content (AvgIpc) is 2.65. The van der Waals surface area contributed by atoms with E-state index in [2.05, 4.69) is 5.32 Å². The Morgan fingerprint density at radius 1 is 1.10 bits per heavy atom. The van der Waals surface area contributed by atoms with Crippen molar-refractivity contribution in [1.82, 2.24) is 10.2 Å². The Balaban J connectivity index is 2.24. The second-order valence-electron chi connectivity index (χ2n) is 8.09. The average molecular weight is 417 g/mol. The van der Waals surface area contributed by atoms with E-state index in [0.29, 0.717) is 11.6 Å². The minimum Gasteiger partial charge on any atom is -0.497 e. The Hall–Kier alpha value is -2.53. The van der Waals surface area contributed by atoms with E-state index in [1.54, 1.807) is 25.0 Å². The normalized spacial score (nSPS) is 12.2. The van der Waals surface area contributed by atoms with Gasteiger partial charge < -0.3 is 15.0 Å². The summed E-state index contributed by atoms with van der Waals surface area (Å²) in [6, 6.07) is 14.0. The van der Waals surface area contributed by atoms with Crippen molar-refractivity contribution in [2.75, 3.05) is 7.11 Å². The Morgan fingerprint density at radius 3 is 2.31 bits per heavy atom. The number of nitrogens with zero attached hydrogens (tertiary/aromatic N) is 1. The highest BCUT2D eigenvalue weighted by molar-refractivity contribution is 6.30. The Morgan fingerprint density at radius 2 is 1.76 bits per heavy atom. The van der Waals surface area contributed by atoms with Crippen LogP contribution in [0.1, 0.15) is 38.8 Å². The lowest BCUT2D eigenvalue weighted by Crippen LogP contribution is -2.52. The van der Waals surface area contributed by atoms with E-state index < -0.39 is 6.04 Å². The standard InChI is InChI=1S/C23H29ClN2O3/c1-16(22(28)25-23(2,3)4)26(15-18-7-6-8-19(24)13-18)21(27)14-17-9-11-20(29-5)12-10-17/h6-13,16H,14-15H2,1-5H3,(H,25,28)/t16-/m1/s1. The fourth-order valence-corrected chi connectivity index (χ4v) is 3.12. The zero-order valence-corrected chi connectivity index (χ0v) is 18.4. The van der Waals surface area contributed by atoms with Crippen LogP contribution < -0.4 is 10.1 Å². The van der Waals surface area contributed by atoms with Gasteiger partial charge >= 0.3 is 0 Å². The van der Waals surface area contributed by atoms with Crippen LogP contribution in [0.4, 0.5) is 0 Å². The molecule has 0 spiro atoms. The number of benzene rings is 2. The van der Waals surface area contributed by atoms with Crippen LogP contribution in [0.2, 0.25) is 5.02 Å². The molecule has 6 heteroatoms. The van der Waals surface area contributed by atoms with E-state index in [1.165, 1.54) is 0 Å². The molecule has 2 rings (SSSR count). The Bertz CT molecular complexity index is 844. The first-order valence-corrected chi connectivity index (χ1v) is 9.96. The largest absolute Gasteiger partial charge is 0.497 e. The van der Waals surface area contributed by atoms with Crippen molar-refractivity contribution in [1.29, 1.82) is 0 Å². The molecule has 1 atom stereocenters. The van der Waals surface area contributed by atoms with Gasteiger partial charge in [-0.05, 0) is 63.1 Å². The predicted octanol–water partition coefficient (Wildman–Crippen LogP) is 4.22. The second-order valence-corrected chi connectivity index (χ2v) is 8.53. The van der Waals surface area contributed by atoms with Gasteiger partial charge in [0.15, 0.2) is 0 Å². The SMILES string of the molecule is COc1ccc(CC(=O)N(Cc2cccc(Cl)c2)[C@H](C)C(=O)NC(C)(C)C)cc1. The first-order valence-electron chi connectivity index (χ1n) is 9.58. The van der Waals surface area contributed by atoms with Gasteiger partial charge in [-0.2, -0.15) is 0 Å². The molecule has 0 heterocycles. The molecule has 0 aliphatic rings. The molecule has 0 radical (unpaired) electrons. The predicted molar refractivity (Wildman–Crippen MR) is 116 cm³/mol. The highest BCUT2D eigenvalue weighted by Gasteiger charge is 2.28. The fourth-order valence-electron chi connectivity index (χ4n) is 2.91. The topological polar surface area (TPSA) is 58.6 Å². The molecule has 0 saturated carbocycles. The molecular weight excluding hydrogens is 388 g/mol. The third kappa shape index (κ3) is 7.09. The van der Waals surface area contributed by atoms with Crippen LogP contribution in [-0.2, 0) is 22.6 Å². The first-order chi connectivity index (χ1) is 13.6. The van der Waals surface area contributed by atoms with Crippen molar-refractivity contribution in [2.24, 2.45) is 0 Å². The zero-order chi connectivity index (χ0) is 21.6. The number of halogens is 1. The van der Waals surface area contributed by atoms with Crippen LogP contribution in [-0.4, -0.2) is 35.4 Å². The van der Waals surface area contributed by atoms with Crippen molar-refractivity contribution in [3.63, 3.8) is 0 Å². The van der Waals surface area contributed by atoms with Gasteiger partial charge in [-0.3, -0.25) is 9.59 Å². The second kappa shape index (κ2) is 9.79. The maximum absolute atomic E-state index is 13.1. The first kappa shape index (κ1) is 22.8. The number of nitrogens with one attached hydrogen (secondary N) is 1. The van der Waals surface area contributed by atoms with Gasteiger partial charge in [-0.25, -0.2) is 0 Å². The Labute approximate surface area is 178 Å². The minimum absolute atomic E-state index is 0.133. The summed E-state index contributed by atoms with van der Waals surface area (Å²) in [5.74, 6) is 0.407. The van der Waals surface area contributed by atoms with Crippen molar-refractivity contribution >= 4 is 23.4 Å². The quantitative estimate of drug-likeness (QED) is 0.735. The molecule has 5 nitrogen and oxygen atoms in total. The molecule has 0 aromatic heterocycles. The lowest BCUT2D eigenvalue weighted by molar-refractivity contribution is -0.140. The van der Waals surface area contributed by atoms with E-state index in [1.807, 2.05) is 63.2 Å². The highest BCUT2D eigenvalue weighted by Crippen LogP contribution is 2.18. The maximum atomic E-state index is 13.1. The third-order valence-electron chi connectivity index (χ3n) is 4.42. The van der Waals surface area contributed by atoms with Crippen molar-refractivity contribution < 1.29 is 14.3 Å². The van der Waals surface area contributed by atoms with E-state index in [9.17, 15) is 9.59 Å². The number of carbonyl (C=O) groups is 2. The number of ether oxygens (including phenoxy) is 1. The van der Waals surface area contributed by atoms with Gasteiger partial charge in [-0.15, -0.1) is 0 Å². The van der Waals surface area contributed by atoms with Crippen LogP contribution in [0.5, 0.6) is 5.75 Å². The number of methoxy groups -OCH3 is 1. The lowest BCUT2D eigenvalue weighted by atomic mass is 10.1. The molecule has 1 N–H and O–H groups in total. The van der Waals surface area contributed by atoms with Crippen LogP contribution in [0.15, 0.2) is 48.5 Å². The molecular formula is C23H29ClN2O3. The summed E-state index contributed by atoms with van der Waals surface area (Å²) in [4.78, 5) is 27.5. The van der Waals surface area contributed by atoms with E-state index in [4.69, 9.17) is 16.3 Å². The number of hydrogen-bond acceptors (Lipinski definition) is 3. The van der Waals surface area contributed by atoms with Crippen LogP contribution in [0.25, 0.3) is 0 Å². The van der Waals surface area contributed by atoms with E-state index >= 15 is 0 Å². The maximum Gasteiger partial charge on any atom is 0.242 e. The number of hydrogen-bond donors (Lipinski definition) is 1. The third-order valence-corrected chi connectivity index (χ3v) is 4.66. The molecule has 2 aromatic carbocycles. The molecule has 156 valence electrons. The molecule has 0 bridgehead atoms. The fraction of sp³-hybridized carbons (Fsp3) is 0.391. The monoisotopic (exact) mass is 416 g/mol. The van der Waals surface area contributed by atoms with Crippen molar-refractivity contribution in [3.05, 3.63) is 64.7 Å². The molecule has 0 fully saturated rings. The molecule has 0 unspecified atom stereocenters. The van der Waals surface area contributed by atoms with Crippen LogP contribution in [0, 0.1) is 0 Å². The van der Waals surface area contributed by atoms with Crippen LogP contribution in [0.3, 0.4) is 0 Å². The molecule has 2 aromatic rings. The summed E-state index contributed by atoms with van der Waals surface area (Å²) in [6.45, 7) is 7.79. The van der Waals surface area contributed by atoms with Crippen molar-refractivity contribution in [2.45, 2.75) is 52.2 Å². The summed E-state index contributed by atoms with van der Waals surface area (Å²) in [5.41, 5.74) is 1.35. The molecule has 0 aliphatic heterocycles. The van der Waals surface area contributed by atoms with Gasteiger partial charge in [0.05, 0.1) is 13.5 Å². The number of rotatable bonds is 7. The lowest BCUT2D eigenvalue weighted by Gasteiger charge is -2.31. The van der Waals surface area contributed by atoms with E-state index in [-0.39, 0.29) is 23.8 Å². The summed E-state index contributed by atoms with van der Waals surface area (Å²) in [6.07, 6.45) is 0.192. The zero-order valence-electron chi connectivity index (χ0n) is 17.7. The summed E-state index contributed by atoms with van der Waals surface area (Å²) < 4.78 is 5.17. The van der Waals surface area contributed by atoms with Gasteiger partial charge in [0, 0.05) is 17.1 Å². The molecule has 29 heavy (non-hydrogen) atoms. The number of amides is 2. The molecule has 2 amide bonds. The molecule has 0 saturated heterocycles. The summed E-state index contributed by atoms with van der Waals surface area (Å²) in [5, 5.41) is 3.55. The van der Waals surface area contributed by atoms with Gasteiger partial charge in [0.1, 0.15) is 11.8 Å². The number of carbonyl (C=O) groups excluding carboxylic acids is 2. The Kier molecular flexibility index (Phi) is 7.68. The summed E-state index contributed by atoms with van der Waals surface area (Å²) in [7, 11) is 1.60. The highest BCUT2D eigenvalue weighted by atomic mass is 35.5. The van der Waals surface area contributed by atoms with Crippen molar-refractivity contribution in [3.8, 4) is 5.75 Å². The van der Waals surface area contributed by atoms with Gasteiger partial charge in [0.2, 0.25) is 11.8 Å². The molecule has 0 aliphatic carbocycles. The van der Waals surface area contributed by atoms with E-state index in [0.717, 1.165) is 16.9 Å². The van der Waals surface area contributed by atoms with Gasteiger partial charge in [0.25, 0.3) is 0 Å².